The van der Waals surface area contributed by atoms with Gasteiger partial charge in [0.1, 0.15) is 5.69 Å². The lowest BCUT2D eigenvalue weighted by molar-refractivity contribution is 0.1000. The molecule has 4 nitrogen and oxygen atoms in total. The van der Waals surface area contributed by atoms with Crippen molar-refractivity contribution in [1.82, 2.24) is 4.98 Å². The van der Waals surface area contributed by atoms with Crippen LogP contribution in [0.1, 0.15) is 10.5 Å². The van der Waals surface area contributed by atoms with Gasteiger partial charge in [-0.3, -0.25) is 4.79 Å². The van der Waals surface area contributed by atoms with Gasteiger partial charge in [-0.05, 0) is 6.72 Å². The van der Waals surface area contributed by atoms with Crippen LogP contribution in [0, 0.1) is 0 Å². The Bertz CT molecular complexity index is 268. The Kier molecular flexibility index (Phi) is 1.77. The maximum atomic E-state index is 10.7. The third-order valence-electron chi connectivity index (χ3n) is 0.885. The van der Waals surface area contributed by atoms with Crippen molar-refractivity contribution >= 4 is 29.1 Å². The molecule has 1 aromatic heterocycles. The van der Waals surface area contributed by atoms with Crippen LogP contribution in [0.4, 0.5) is 5.13 Å². The molecule has 1 heterocycles. The lowest BCUT2D eigenvalue weighted by Gasteiger charge is -1.81. The summed E-state index contributed by atoms with van der Waals surface area (Å²) in [6.07, 6.45) is 0. The van der Waals surface area contributed by atoms with Gasteiger partial charge in [0.2, 0.25) is 0 Å². The van der Waals surface area contributed by atoms with Gasteiger partial charge in [-0.15, -0.1) is 11.3 Å². The molecular weight excluding hydrogens is 150 g/mol. The van der Waals surface area contributed by atoms with Gasteiger partial charge < -0.3 is 5.73 Å². The molecule has 0 radical (unpaired) electrons. The second-order valence-electron chi connectivity index (χ2n) is 1.53. The first-order valence-corrected chi connectivity index (χ1v) is 3.34. The van der Waals surface area contributed by atoms with E-state index in [4.69, 9.17) is 5.73 Å². The third-order valence-corrected chi connectivity index (χ3v) is 1.56. The Labute approximate surface area is 61.4 Å². The van der Waals surface area contributed by atoms with Crippen LogP contribution in [0.15, 0.2) is 10.4 Å². The van der Waals surface area contributed by atoms with Crippen LogP contribution in [0.2, 0.25) is 0 Å². The van der Waals surface area contributed by atoms with Crippen molar-refractivity contribution in [3.05, 3.63) is 11.1 Å². The van der Waals surface area contributed by atoms with Crippen LogP contribution < -0.4 is 5.73 Å². The molecule has 5 heteroatoms. The summed E-state index contributed by atoms with van der Waals surface area (Å²) in [7, 11) is 0. The fourth-order valence-electron chi connectivity index (χ4n) is 0.467. The number of nitrogen functional groups attached to an aromatic ring is 1. The molecule has 1 rings (SSSR count). The highest BCUT2D eigenvalue weighted by Crippen LogP contribution is 2.11. The predicted molar refractivity (Wildman–Crippen MR) is 40.4 cm³/mol. The Morgan fingerprint density at radius 2 is 2.60 bits per heavy atom. The van der Waals surface area contributed by atoms with E-state index in [1.54, 1.807) is 5.38 Å². The van der Waals surface area contributed by atoms with Crippen LogP contribution in [0.5, 0.6) is 0 Å². The second-order valence-corrected chi connectivity index (χ2v) is 2.42. The highest BCUT2D eigenvalue weighted by molar-refractivity contribution is 7.13. The molecule has 0 atom stereocenters. The maximum Gasteiger partial charge on any atom is 0.295 e. The predicted octanol–water partition coefficient (Wildman–Crippen LogP) is 0.566. The molecule has 0 unspecified atom stereocenters. The van der Waals surface area contributed by atoms with E-state index in [-0.39, 0.29) is 5.69 Å². The van der Waals surface area contributed by atoms with E-state index >= 15 is 0 Å². The minimum Gasteiger partial charge on any atom is -0.375 e. The van der Waals surface area contributed by atoms with E-state index < -0.39 is 5.91 Å². The fraction of sp³-hybridized carbons (Fsp3) is 0. The Morgan fingerprint density at radius 3 is 3.00 bits per heavy atom. The fourth-order valence-corrected chi connectivity index (χ4v) is 1.00. The number of carbonyl (C=O) groups excluding carboxylic acids is 1. The number of carbonyl (C=O) groups is 1. The van der Waals surface area contributed by atoms with Crippen molar-refractivity contribution in [3.8, 4) is 0 Å². The van der Waals surface area contributed by atoms with E-state index in [2.05, 4.69) is 16.7 Å². The van der Waals surface area contributed by atoms with Gasteiger partial charge in [-0.2, -0.15) is 0 Å². The summed E-state index contributed by atoms with van der Waals surface area (Å²) in [5, 5.41) is 1.92. The van der Waals surface area contributed by atoms with Crippen molar-refractivity contribution < 1.29 is 4.79 Å². The summed E-state index contributed by atoms with van der Waals surface area (Å²) in [5.74, 6) is -0.437. The number of amides is 1. The molecule has 10 heavy (non-hydrogen) atoms. The zero-order valence-corrected chi connectivity index (χ0v) is 5.89. The van der Waals surface area contributed by atoms with Crippen LogP contribution >= 0.6 is 11.3 Å². The number of hydrogen-bond donors (Lipinski definition) is 1. The second kappa shape index (κ2) is 2.57. The number of nitrogens with two attached hydrogens (primary N) is 1. The number of hydrogen-bond acceptors (Lipinski definition) is 4. The molecule has 0 aliphatic carbocycles. The number of aliphatic imine (C=N–C) groups is 1. The first-order chi connectivity index (χ1) is 4.74. The summed E-state index contributed by atoms with van der Waals surface area (Å²) < 4.78 is 0. The maximum absolute atomic E-state index is 10.7. The average molecular weight is 155 g/mol. The Hall–Kier alpha value is -1.23. The van der Waals surface area contributed by atoms with Crippen LogP contribution in [-0.2, 0) is 0 Å². The lowest BCUT2D eigenvalue weighted by atomic mass is 10.5. The molecule has 0 aliphatic rings. The normalized spacial score (nSPS) is 9.20. The van der Waals surface area contributed by atoms with Crippen molar-refractivity contribution in [2.24, 2.45) is 4.99 Å². The van der Waals surface area contributed by atoms with Gasteiger partial charge >= 0.3 is 0 Å². The first kappa shape index (κ1) is 6.88. The monoisotopic (exact) mass is 155 g/mol. The van der Waals surface area contributed by atoms with Gasteiger partial charge in [-0.25, -0.2) is 9.98 Å². The minimum atomic E-state index is -0.437. The molecule has 0 aliphatic heterocycles. The van der Waals surface area contributed by atoms with E-state index in [0.29, 0.717) is 5.13 Å². The molecule has 0 saturated heterocycles. The highest BCUT2D eigenvalue weighted by Gasteiger charge is 2.05. The van der Waals surface area contributed by atoms with Crippen molar-refractivity contribution in [3.63, 3.8) is 0 Å². The molecule has 0 saturated carbocycles. The van der Waals surface area contributed by atoms with E-state index in [1.165, 1.54) is 11.3 Å². The van der Waals surface area contributed by atoms with E-state index in [1.807, 2.05) is 0 Å². The number of anilines is 1. The Morgan fingerprint density at radius 1 is 1.90 bits per heavy atom. The molecule has 1 amide bonds. The third kappa shape index (κ3) is 1.19. The zero-order valence-electron chi connectivity index (χ0n) is 5.07. The average Bonchev–Trinajstić information content (AvgIpc) is 2.34. The molecule has 0 bridgehead atoms. The summed E-state index contributed by atoms with van der Waals surface area (Å²) in [6, 6.07) is 0. The molecule has 0 fully saturated rings. The molecule has 1 aromatic rings. The molecule has 0 aromatic carbocycles. The summed E-state index contributed by atoms with van der Waals surface area (Å²) in [4.78, 5) is 17.6. The van der Waals surface area contributed by atoms with Crippen molar-refractivity contribution in [1.29, 1.82) is 0 Å². The van der Waals surface area contributed by atoms with Crippen LogP contribution in [-0.4, -0.2) is 17.6 Å². The lowest BCUT2D eigenvalue weighted by Crippen LogP contribution is -1.94. The van der Waals surface area contributed by atoms with Gasteiger partial charge in [0, 0.05) is 5.38 Å². The van der Waals surface area contributed by atoms with Gasteiger partial charge in [-0.1, -0.05) is 0 Å². The highest BCUT2D eigenvalue weighted by atomic mass is 32.1. The standard InChI is InChI=1S/C5H5N3OS/c1-7-4(9)3-2-10-5(6)8-3/h2H,1H2,(H2,6,8). The number of thiazole rings is 1. The van der Waals surface area contributed by atoms with Crippen molar-refractivity contribution in [2.75, 3.05) is 5.73 Å². The number of rotatable bonds is 1. The number of aromatic nitrogens is 1. The molecule has 0 spiro atoms. The van der Waals surface area contributed by atoms with Crippen LogP contribution in [0.3, 0.4) is 0 Å². The molecule has 2 N–H and O–H groups in total. The summed E-state index contributed by atoms with van der Waals surface area (Å²) >= 11 is 1.21. The molecule has 52 valence electrons. The first-order valence-electron chi connectivity index (χ1n) is 2.46. The molecular formula is C5H5N3OS. The van der Waals surface area contributed by atoms with Crippen LogP contribution in [0.25, 0.3) is 0 Å². The van der Waals surface area contributed by atoms with Crippen molar-refractivity contribution in [2.45, 2.75) is 0 Å². The van der Waals surface area contributed by atoms with E-state index in [9.17, 15) is 4.79 Å². The van der Waals surface area contributed by atoms with Gasteiger partial charge in [0.25, 0.3) is 5.91 Å². The summed E-state index contributed by atoms with van der Waals surface area (Å²) in [5.41, 5.74) is 5.53. The minimum absolute atomic E-state index is 0.262. The summed E-state index contributed by atoms with van der Waals surface area (Å²) in [6.45, 7) is 3.07. The topological polar surface area (TPSA) is 68.3 Å². The largest absolute Gasteiger partial charge is 0.375 e. The van der Waals surface area contributed by atoms with Gasteiger partial charge in [0.05, 0.1) is 0 Å². The Balaban J connectivity index is 2.95. The zero-order chi connectivity index (χ0) is 7.56. The number of nitrogens with zero attached hydrogens (tertiary/aromatic N) is 2. The quantitative estimate of drug-likeness (QED) is 0.602. The SMILES string of the molecule is C=NC(=O)c1csc(N)n1. The smallest absolute Gasteiger partial charge is 0.295 e. The van der Waals surface area contributed by atoms with Gasteiger partial charge in [0.15, 0.2) is 5.13 Å². The van der Waals surface area contributed by atoms with E-state index in [0.717, 1.165) is 0 Å².